The standard InChI is InChI=1S/C24H38O5/c1-2-3-14-24(15-9-16-24)22(27)12-8-11-19-18(20(25)17-21(19)26)10-6-4-5-7-13-23(28)29/h4,6,8,11,18-19,21-22,26-27H,2-3,5,7,9-10,12-17H2,1H3,(H,28,29)/b6-4-,11-8+/t18-,19-,21-,22?/m1/s1. The zero-order valence-corrected chi connectivity index (χ0v) is 17.8. The van der Waals surface area contributed by atoms with Gasteiger partial charge in [-0.2, -0.15) is 0 Å². The Morgan fingerprint density at radius 3 is 2.62 bits per heavy atom. The second-order valence-electron chi connectivity index (χ2n) is 8.91. The van der Waals surface area contributed by atoms with Crippen molar-refractivity contribution in [3.05, 3.63) is 24.3 Å². The SMILES string of the molecule is CCCCC1(C(O)C/C=C/[C@H]2[C@H](O)CC(=O)[C@@H]2C/C=C\CCCC(=O)O)CCC1. The fourth-order valence-electron chi connectivity index (χ4n) is 4.78. The number of carbonyl (C=O) groups is 2. The maximum atomic E-state index is 12.3. The van der Waals surface area contributed by atoms with E-state index in [1.807, 2.05) is 24.3 Å². The third-order valence-corrected chi connectivity index (χ3v) is 6.85. The van der Waals surface area contributed by atoms with Crippen LogP contribution in [0.25, 0.3) is 0 Å². The van der Waals surface area contributed by atoms with Crippen molar-refractivity contribution in [1.29, 1.82) is 0 Å². The molecule has 164 valence electrons. The topological polar surface area (TPSA) is 94.8 Å². The number of aliphatic hydroxyl groups is 2. The van der Waals surface area contributed by atoms with Crippen molar-refractivity contribution in [2.75, 3.05) is 0 Å². The summed E-state index contributed by atoms with van der Waals surface area (Å²) in [5.41, 5.74) is 0.0720. The zero-order valence-electron chi connectivity index (χ0n) is 17.8. The number of hydrogen-bond acceptors (Lipinski definition) is 4. The minimum Gasteiger partial charge on any atom is -0.481 e. The molecule has 4 atom stereocenters. The van der Waals surface area contributed by atoms with Crippen LogP contribution in [0.2, 0.25) is 0 Å². The van der Waals surface area contributed by atoms with Crippen LogP contribution >= 0.6 is 0 Å². The number of unbranched alkanes of at least 4 members (excludes halogenated alkanes) is 2. The van der Waals surface area contributed by atoms with Gasteiger partial charge in [0.2, 0.25) is 0 Å². The number of rotatable bonds is 13. The molecule has 0 aromatic rings. The monoisotopic (exact) mass is 406 g/mol. The van der Waals surface area contributed by atoms with Crippen LogP contribution in [0.3, 0.4) is 0 Å². The van der Waals surface area contributed by atoms with E-state index in [1.165, 1.54) is 6.42 Å². The first-order chi connectivity index (χ1) is 13.9. The lowest BCUT2D eigenvalue weighted by Crippen LogP contribution is -2.41. The molecule has 0 aromatic carbocycles. The first-order valence-corrected chi connectivity index (χ1v) is 11.3. The largest absolute Gasteiger partial charge is 0.481 e. The second kappa shape index (κ2) is 11.7. The number of carboxylic acid groups (broad SMARTS) is 1. The number of carboxylic acids is 1. The van der Waals surface area contributed by atoms with Crippen LogP contribution in [0.15, 0.2) is 24.3 Å². The number of Topliss-reactive ketones (excluding diaryl/α,β-unsaturated/α-hetero) is 1. The van der Waals surface area contributed by atoms with Gasteiger partial charge in [-0.25, -0.2) is 0 Å². The molecular formula is C24H38O5. The van der Waals surface area contributed by atoms with Crippen LogP contribution in [0.5, 0.6) is 0 Å². The Hall–Kier alpha value is -1.46. The summed E-state index contributed by atoms with van der Waals surface area (Å²) < 4.78 is 0. The van der Waals surface area contributed by atoms with Gasteiger partial charge < -0.3 is 15.3 Å². The number of allylic oxidation sites excluding steroid dienone is 2. The number of carbonyl (C=O) groups excluding carboxylic acids is 1. The van der Waals surface area contributed by atoms with Crippen molar-refractivity contribution in [3.63, 3.8) is 0 Å². The van der Waals surface area contributed by atoms with Gasteiger partial charge in [0.15, 0.2) is 0 Å². The minimum atomic E-state index is -0.793. The van der Waals surface area contributed by atoms with Gasteiger partial charge in [0.05, 0.1) is 12.2 Å². The molecule has 2 aliphatic rings. The molecule has 0 aliphatic heterocycles. The van der Waals surface area contributed by atoms with Crippen LogP contribution in [0, 0.1) is 17.3 Å². The van der Waals surface area contributed by atoms with Crippen LogP contribution < -0.4 is 0 Å². The van der Waals surface area contributed by atoms with Gasteiger partial charge in [0.1, 0.15) is 5.78 Å². The van der Waals surface area contributed by atoms with Crippen molar-refractivity contribution >= 4 is 11.8 Å². The lowest BCUT2D eigenvalue weighted by molar-refractivity contribution is -0.137. The lowest BCUT2D eigenvalue weighted by atomic mass is 9.62. The second-order valence-corrected chi connectivity index (χ2v) is 8.91. The molecule has 2 fully saturated rings. The van der Waals surface area contributed by atoms with Gasteiger partial charge in [-0.05, 0) is 50.4 Å². The fourth-order valence-corrected chi connectivity index (χ4v) is 4.78. The van der Waals surface area contributed by atoms with E-state index >= 15 is 0 Å². The molecule has 2 saturated carbocycles. The predicted molar refractivity (Wildman–Crippen MR) is 113 cm³/mol. The summed E-state index contributed by atoms with van der Waals surface area (Å²) in [5, 5.41) is 29.7. The summed E-state index contributed by atoms with van der Waals surface area (Å²) >= 11 is 0. The molecule has 0 aromatic heterocycles. The Morgan fingerprint density at radius 2 is 2.00 bits per heavy atom. The lowest BCUT2D eigenvalue weighted by Gasteiger charge is -2.45. The highest BCUT2D eigenvalue weighted by molar-refractivity contribution is 5.84. The average Bonchev–Trinajstić information content (AvgIpc) is 2.90. The number of aliphatic carboxylic acids is 1. The molecule has 3 N–H and O–H groups in total. The van der Waals surface area contributed by atoms with Gasteiger partial charge in [0, 0.05) is 24.7 Å². The molecule has 0 bridgehead atoms. The van der Waals surface area contributed by atoms with E-state index in [-0.39, 0.29) is 42.0 Å². The zero-order chi connectivity index (χ0) is 21.3. The Balaban J connectivity index is 1.85. The van der Waals surface area contributed by atoms with E-state index in [0.717, 1.165) is 32.1 Å². The maximum Gasteiger partial charge on any atom is 0.303 e. The normalized spacial score (nSPS) is 27.6. The van der Waals surface area contributed by atoms with Crippen molar-refractivity contribution in [1.82, 2.24) is 0 Å². The summed E-state index contributed by atoms with van der Waals surface area (Å²) in [4.78, 5) is 22.8. The number of ketones is 1. The molecule has 0 saturated heterocycles. The first kappa shape index (κ1) is 23.8. The first-order valence-electron chi connectivity index (χ1n) is 11.3. The van der Waals surface area contributed by atoms with E-state index < -0.39 is 12.1 Å². The summed E-state index contributed by atoms with van der Waals surface area (Å²) in [5.74, 6) is -1.14. The third-order valence-electron chi connectivity index (χ3n) is 6.85. The van der Waals surface area contributed by atoms with Crippen molar-refractivity contribution in [2.45, 2.75) is 96.2 Å². The van der Waals surface area contributed by atoms with Gasteiger partial charge in [-0.1, -0.05) is 50.5 Å². The average molecular weight is 407 g/mol. The van der Waals surface area contributed by atoms with E-state index in [1.54, 1.807) is 0 Å². The van der Waals surface area contributed by atoms with Crippen LogP contribution in [0.4, 0.5) is 0 Å². The molecule has 29 heavy (non-hydrogen) atoms. The molecule has 5 heteroatoms. The van der Waals surface area contributed by atoms with Gasteiger partial charge in [0.25, 0.3) is 0 Å². The van der Waals surface area contributed by atoms with Crippen LogP contribution in [0.1, 0.15) is 84.0 Å². The number of hydrogen-bond donors (Lipinski definition) is 3. The molecule has 0 heterocycles. The molecule has 0 radical (unpaired) electrons. The molecule has 2 rings (SSSR count). The highest BCUT2D eigenvalue weighted by atomic mass is 16.4. The molecular weight excluding hydrogens is 368 g/mol. The van der Waals surface area contributed by atoms with Crippen LogP contribution in [-0.4, -0.2) is 39.3 Å². The summed E-state index contributed by atoms with van der Waals surface area (Å²) in [6.45, 7) is 2.18. The van der Waals surface area contributed by atoms with Crippen molar-refractivity contribution in [2.24, 2.45) is 17.3 Å². The number of aliphatic hydroxyl groups excluding tert-OH is 2. The molecule has 0 spiro atoms. The summed E-state index contributed by atoms with van der Waals surface area (Å²) in [6, 6.07) is 0. The van der Waals surface area contributed by atoms with Gasteiger partial charge in [-0.3, -0.25) is 9.59 Å². The highest BCUT2D eigenvalue weighted by Gasteiger charge is 2.42. The van der Waals surface area contributed by atoms with E-state index in [2.05, 4.69) is 6.92 Å². The minimum absolute atomic E-state index is 0.0720. The van der Waals surface area contributed by atoms with E-state index in [4.69, 9.17) is 5.11 Å². The van der Waals surface area contributed by atoms with E-state index in [0.29, 0.717) is 25.7 Å². The Labute approximate surface area is 174 Å². The quantitative estimate of drug-likeness (QED) is 0.311. The predicted octanol–water partition coefficient (Wildman–Crippen LogP) is 4.42. The fraction of sp³-hybridized carbons (Fsp3) is 0.750. The molecule has 1 unspecified atom stereocenters. The van der Waals surface area contributed by atoms with Crippen molar-refractivity contribution < 1.29 is 24.9 Å². The molecule has 0 amide bonds. The van der Waals surface area contributed by atoms with Gasteiger partial charge in [-0.15, -0.1) is 0 Å². The highest BCUT2D eigenvalue weighted by Crippen LogP contribution is 2.49. The molecule has 2 aliphatic carbocycles. The van der Waals surface area contributed by atoms with E-state index in [9.17, 15) is 19.8 Å². The maximum absolute atomic E-state index is 12.3. The van der Waals surface area contributed by atoms with Crippen LogP contribution in [-0.2, 0) is 9.59 Å². The summed E-state index contributed by atoms with van der Waals surface area (Å²) in [6.07, 6.45) is 16.3. The Bertz CT molecular complexity index is 590. The Kier molecular flexibility index (Phi) is 9.57. The van der Waals surface area contributed by atoms with Crippen molar-refractivity contribution in [3.8, 4) is 0 Å². The van der Waals surface area contributed by atoms with Gasteiger partial charge >= 0.3 is 5.97 Å². The smallest absolute Gasteiger partial charge is 0.303 e. The molecule has 5 nitrogen and oxygen atoms in total. The third kappa shape index (κ3) is 6.78. The summed E-state index contributed by atoms with van der Waals surface area (Å²) in [7, 11) is 0. The Morgan fingerprint density at radius 1 is 1.24 bits per heavy atom.